The van der Waals surface area contributed by atoms with E-state index < -0.39 is 18.3 Å². The Balaban J connectivity index is 1.31. The SMILES string of the molecule is COCOc1cc(B2OC(C)(C)C(C)(C)O2)ccc1-c1ccc(N2CC[C@H](NC3CCOC3)C2)nn1. The fourth-order valence-electron chi connectivity index (χ4n) is 4.86. The molecule has 0 saturated carbocycles. The second-order valence-corrected chi connectivity index (χ2v) is 10.8. The molecule has 3 fully saturated rings. The van der Waals surface area contributed by atoms with E-state index in [0.29, 0.717) is 17.8 Å². The molecule has 0 bridgehead atoms. The van der Waals surface area contributed by atoms with Crippen LogP contribution in [0.1, 0.15) is 40.5 Å². The number of aromatic nitrogens is 2. The number of ether oxygens (including phenoxy) is 3. The van der Waals surface area contributed by atoms with Gasteiger partial charge in [-0.15, -0.1) is 10.2 Å². The van der Waals surface area contributed by atoms with Crippen LogP contribution in [0.5, 0.6) is 5.75 Å². The van der Waals surface area contributed by atoms with Crippen molar-refractivity contribution in [1.29, 1.82) is 0 Å². The van der Waals surface area contributed by atoms with E-state index in [4.69, 9.17) is 23.5 Å². The van der Waals surface area contributed by atoms with Gasteiger partial charge in [-0.1, -0.05) is 6.07 Å². The Morgan fingerprint density at radius 3 is 2.53 bits per heavy atom. The largest absolute Gasteiger partial charge is 0.494 e. The van der Waals surface area contributed by atoms with Crippen LogP contribution in [-0.4, -0.2) is 80.8 Å². The molecule has 36 heavy (non-hydrogen) atoms. The number of rotatable bonds is 8. The predicted octanol–water partition coefficient (Wildman–Crippen LogP) is 2.38. The first-order valence-electron chi connectivity index (χ1n) is 12.8. The molecule has 5 rings (SSSR count). The van der Waals surface area contributed by atoms with E-state index in [-0.39, 0.29) is 6.79 Å². The fourth-order valence-corrected chi connectivity index (χ4v) is 4.86. The maximum Gasteiger partial charge on any atom is 0.494 e. The molecule has 194 valence electrons. The maximum atomic E-state index is 6.22. The number of methoxy groups -OCH3 is 1. The molecule has 3 saturated heterocycles. The second-order valence-electron chi connectivity index (χ2n) is 10.8. The minimum Gasteiger partial charge on any atom is -0.467 e. The van der Waals surface area contributed by atoms with E-state index in [1.165, 1.54) is 0 Å². The van der Waals surface area contributed by atoms with Crippen LogP contribution in [-0.2, 0) is 18.8 Å². The van der Waals surface area contributed by atoms with Crippen LogP contribution in [0, 0.1) is 0 Å². The van der Waals surface area contributed by atoms with Gasteiger partial charge in [0.05, 0.1) is 23.5 Å². The van der Waals surface area contributed by atoms with Crippen LogP contribution in [0.25, 0.3) is 11.3 Å². The Morgan fingerprint density at radius 1 is 1.06 bits per heavy atom. The summed E-state index contributed by atoms with van der Waals surface area (Å²) < 4.78 is 29.0. The quantitative estimate of drug-likeness (QED) is 0.437. The number of anilines is 1. The first-order chi connectivity index (χ1) is 17.3. The topological polar surface area (TPSA) is 87.2 Å². The molecule has 2 aromatic rings. The molecule has 1 aromatic carbocycles. The summed E-state index contributed by atoms with van der Waals surface area (Å²) in [6, 6.07) is 10.9. The first-order valence-corrected chi connectivity index (χ1v) is 12.8. The summed E-state index contributed by atoms with van der Waals surface area (Å²) in [5, 5.41) is 12.8. The van der Waals surface area contributed by atoms with Crippen molar-refractivity contribution in [1.82, 2.24) is 15.5 Å². The van der Waals surface area contributed by atoms with E-state index in [2.05, 4.69) is 20.4 Å². The van der Waals surface area contributed by atoms with Crippen molar-refractivity contribution in [3.8, 4) is 17.0 Å². The van der Waals surface area contributed by atoms with Crippen molar-refractivity contribution in [2.75, 3.05) is 45.1 Å². The predicted molar refractivity (Wildman–Crippen MR) is 139 cm³/mol. The van der Waals surface area contributed by atoms with Crippen molar-refractivity contribution < 1.29 is 23.5 Å². The van der Waals surface area contributed by atoms with Crippen LogP contribution < -0.4 is 20.4 Å². The van der Waals surface area contributed by atoms with Gasteiger partial charge in [-0.3, -0.25) is 0 Å². The number of hydrogen-bond acceptors (Lipinski definition) is 9. The molecule has 1 unspecified atom stereocenters. The Labute approximate surface area is 213 Å². The summed E-state index contributed by atoms with van der Waals surface area (Å²) in [5.41, 5.74) is 1.63. The Bertz CT molecular complexity index is 1030. The van der Waals surface area contributed by atoms with Crippen LogP contribution in [0.15, 0.2) is 30.3 Å². The van der Waals surface area contributed by atoms with Gasteiger partial charge < -0.3 is 33.7 Å². The van der Waals surface area contributed by atoms with Gasteiger partial charge in [-0.25, -0.2) is 0 Å². The smallest absolute Gasteiger partial charge is 0.467 e. The molecular formula is C26H37BN4O5. The minimum absolute atomic E-state index is 0.125. The standard InChI is InChI=1S/C26H37BN4O5/c1-25(2)26(3,4)36-27(35-25)18-6-7-21(23(14-18)34-17-32-5)22-8-9-24(30-29-22)31-12-10-19(15-31)28-20-11-13-33-16-20/h6-9,14,19-20,28H,10-13,15-17H2,1-5H3/t19-,20?/m0/s1. The maximum absolute atomic E-state index is 6.22. The summed E-state index contributed by atoms with van der Waals surface area (Å²) in [5.74, 6) is 1.54. The molecule has 1 N–H and O–H groups in total. The lowest BCUT2D eigenvalue weighted by Gasteiger charge is -2.32. The molecule has 0 spiro atoms. The Kier molecular flexibility index (Phi) is 7.24. The van der Waals surface area contributed by atoms with Crippen LogP contribution in [0.3, 0.4) is 0 Å². The van der Waals surface area contributed by atoms with Crippen LogP contribution in [0.4, 0.5) is 5.82 Å². The molecule has 2 atom stereocenters. The van der Waals surface area contributed by atoms with Crippen molar-refractivity contribution in [3.05, 3.63) is 30.3 Å². The normalized spacial score (nSPS) is 25.0. The third kappa shape index (κ3) is 5.24. The summed E-state index contributed by atoms with van der Waals surface area (Å²) in [4.78, 5) is 2.29. The fraction of sp³-hybridized carbons (Fsp3) is 0.615. The second kappa shape index (κ2) is 10.3. The molecule has 4 heterocycles. The molecule has 9 nitrogen and oxygen atoms in total. The van der Waals surface area contributed by atoms with E-state index in [1.807, 2.05) is 58.0 Å². The van der Waals surface area contributed by atoms with Gasteiger partial charge in [0.25, 0.3) is 0 Å². The van der Waals surface area contributed by atoms with Crippen LogP contribution in [0.2, 0.25) is 0 Å². The highest BCUT2D eigenvalue weighted by Crippen LogP contribution is 2.37. The molecule has 1 aromatic heterocycles. The minimum atomic E-state index is -0.477. The third-order valence-corrected chi connectivity index (χ3v) is 7.70. The van der Waals surface area contributed by atoms with Gasteiger partial charge in [-0.05, 0) is 70.3 Å². The van der Waals surface area contributed by atoms with E-state index in [9.17, 15) is 0 Å². The zero-order valence-corrected chi connectivity index (χ0v) is 22.0. The summed E-state index contributed by atoms with van der Waals surface area (Å²) in [6.45, 7) is 11.9. The zero-order valence-electron chi connectivity index (χ0n) is 22.0. The summed E-state index contributed by atoms with van der Waals surface area (Å²) in [7, 11) is 1.12. The van der Waals surface area contributed by atoms with Gasteiger partial charge in [-0.2, -0.15) is 0 Å². The Hall–Kier alpha value is -2.24. The monoisotopic (exact) mass is 496 g/mol. The number of nitrogens with zero attached hydrogens (tertiary/aromatic N) is 3. The first kappa shape index (κ1) is 25.4. The molecule has 3 aliphatic heterocycles. The van der Waals surface area contributed by atoms with Gasteiger partial charge >= 0.3 is 7.12 Å². The average molecular weight is 496 g/mol. The number of hydrogen-bond donors (Lipinski definition) is 1. The van der Waals surface area contributed by atoms with E-state index in [0.717, 1.165) is 61.7 Å². The number of benzene rings is 1. The zero-order chi connectivity index (χ0) is 25.3. The lowest BCUT2D eigenvalue weighted by molar-refractivity contribution is 0.00578. The van der Waals surface area contributed by atoms with Gasteiger partial charge in [0.2, 0.25) is 0 Å². The average Bonchev–Trinajstić information content (AvgIpc) is 3.58. The van der Waals surface area contributed by atoms with Gasteiger partial charge in [0.15, 0.2) is 12.6 Å². The van der Waals surface area contributed by atoms with Crippen molar-refractivity contribution >= 4 is 18.4 Å². The van der Waals surface area contributed by atoms with Gasteiger partial charge in [0, 0.05) is 44.5 Å². The van der Waals surface area contributed by atoms with Crippen molar-refractivity contribution in [3.63, 3.8) is 0 Å². The lowest BCUT2D eigenvalue weighted by atomic mass is 9.78. The molecule has 0 amide bonds. The van der Waals surface area contributed by atoms with Gasteiger partial charge in [0.1, 0.15) is 5.75 Å². The number of nitrogens with one attached hydrogen (secondary N) is 1. The van der Waals surface area contributed by atoms with E-state index in [1.54, 1.807) is 7.11 Å². The molecule has 0 aliphatic carbocycles. The van der Waals surface area contributed by atoms with Crippen molar-refractivity contribution in [2.24, 2.45) is 0 Å². The highest BCUT2D eigenvalue weighted by Gasteiger charge is 2.51. The highest BCUT2D eigenvalue weighted by atomic mass is 16.7. The molecule has 0 radical (unpaired) electrons. The van der Waals surface area contributed by atoms with Crippen molar-refractivity contribution in [2.45, 2.75) is 63.8 Å². The highest BCUT2D eigenvalue weighted by molar-refractivity contribution is 6.62. The molecule has 3 aliphatic rings. The Morgan fingerprint density at radius 2 is 1.86 bits per heavy atom. The van der Waals surface area contributed by atoms with Crippen LogP contribution >= 0.6 is 0 Å². The molecular weight excluding hydrogens is 459 g/mol. The third-order valence-electron chi connectivity index (χ3n) is 7.70. The lowest BCUT2D eigenvalue weighted by Crippen LogP contribution is -2.41. The summed E-state index contributed by atoms with van der Waals surface area (Å²) >= 11 is 0. The molecule has 10 heteroatoms. The van der Waals surface area contributed by atoms with E-state index >= 15 is 0 Å². The summed E-state index contributed by atoms with van der Waals surface area (Å²) in [6.07, 6.45) is 2.18.